The predicted octanol–water partition coefficient (Wildman–Crippen LogP) is 3.23. The minimum atomic E-state index is -0.125. The van der Waals surface area contributed by atoms with Gasteiger partial charge in [0, 0.05) is 28.5 Å². The van der Waals surface area contributed by atoms with Crippen LogP contribution in [0.25, 0.3) is 0 Å². The number of hydrogen-bond donors (Lipinski definition) is 1. The summed E-state index contributed by atoms with van der Waals surface area (Å²) in [7, 11) is 1.91. The summed E-state index contributed by atoms with van der Waals surface area (Å²) in [5.74, 6) is -0.125. The number of amides is 1. The van der Waals surface area contributed by atoms with Gasteiger partial charge in [0.05, 0.1) is 0 Å². The summed E-state index contributed by atoms with van der Waals surface area (Å²) in [4.78, 5) is 12.4. The third-order valence-electron chi connectivity index (χ3n) is 3.76. The third-order valence-corrected chi connectivity index (χ3v) is 4.61. The molecular formula is C15H16BrN3O. The maximum Gasteiger partial charge on any atom is 0.276 e. The lowest BCUT2D eigenvalue weighted by Crippen LogP contribution is -2.14. The van der Waals surface area contributed by atoms with Crippen molar-refractivity contribution in [2.24, 2.45) is 7.05 Å². The quantitative estimate of drug-likeness (QED) is 0.917. The Morgan fingerprint density at radius 3 is 2.95 bits per heavy atom. The first-order chi connectivity index (χ1) is 9.56. The maximum absolute atomic E-state index is 12.4. The molecule has 0 spiro atoms. The third kappa shape index (κ3) is 2.26. The number of carbonyl (C=O) groups excluding carboxylic acids is 1. The highest BCUT2D eigenvalue weighted by Gasteiger charge is 2.25. The van der Waals surface area contributed by atoms with Crippen molar-refractivity contribution in [1.82, 2.24) is 9.78 Å². The van der Waals surface area contributed by atoms with Gasteiger partial charge in [0.2, 0.25) is 0 Å². The molecule has 0 unspecified atom stereocenters. The molecule has 0 saturated heterocycles. The Bertz CT molecular complexity index is 691. The van der Waals surface area contributed by atoms with E-state index in [4.69, 9.17) is 0 Å². The lowest BCUT2D eigenvalue weighted by molar-refractivity contribution is 0.102. The molecule has 0 aliphatic heterocycles. The zero-order chi connectivity index (χ0) is 14.3. The van der Waals surface area contributed by atoms with Gasteiger partial charge in [-0.05, 0) is 43.9 Å². The summed E-state index contributed by atoms with van der Waals surface area (Å²) in [6.45, 7) is 2.02. The highest BCUT2D eigenvalue weighted by Crippen LogP contribution is 2.26. The first-order valence-electron chi connectivity index (χ1n) is 6.68. The van der Waals surface area contributed by atoms with Gasteiger partial charge in [-0.2, -0.15) is 5.10 Å². The number of benzene rings is 1. The van der Waals surface area contributed by atoms with Crippen LogP contribution in [0, 0.1) is 6.92 Å². The standard InChI is InChI=1S/C15H16BrN3O/c1-9-6-7-10(8-12(9)16)17-15(20)14-11-4-3-5-13(11)19(2)18-14/h6-8H,3-5H2,1-2H3,(H,17,20). The number of fused-ring (bicyclic) bond motifs is 1. The first-order valence-corrected chi connectivity index (χ1v) is 7.48. The van der Waals surface area contributed by atoms with Crippen LogP contribution in [0.3, 0.4) is 0 Å². The minimum absolute atomic E-state index is 0.125. The summed E-state index contributed by atoms with van der Waals surface area (Å²) in [6.07, 6.45) is 3.07. The highest BCUT2D eigenvalue weighted by atomic mass is 79.9. The van der Waals surface area contributed by atoms with Gasteiger partial charge < -0.3 is 5.32 Å². The van der Waals surface area contributed by atoms with Gasteiger partial charge in [-0.25, -0.2) is 0 Å². The SMILES string of the molecule is Cc1ccc(NC(=O)c2nn(C)c3c2CCC3)cc1Br. The van der Waals surface area contributed by atoms with Crippen molar-refractivity contribution in [2.45, 2.75) is 26.2 Å². The van der Waals surface area contributed by atoms with Crippen molar-refractivity contribution in [3.05, 3.63) is 45.2 Å². The molecule has 20 heavy (non-hydrogen) atoms. The molecule has 104 valence electrons. The zero-order valence-electron chi connectivity index (χ0n) is 11.5. The fourth-order valence-corrected chi connectivity index (χ4v) is 3.03. The van der Waals surface area contributed by atoms with Crippen LogP contribution in [0.2, 0.25) is 0 Å². The number of nitrogens with one attached hydrogen (secondary N) is 1. The molecule has 5 heteroatoms. The van der Waals surface area contributed by atoms with E-state index in [-0.39, 0.29) is 5.91 Å². The smallest absolute Gasteiger partial charge is 0.276 e. The molecule has 0 bridgehead atoms. The molecule has 1 N–H and O–H groups in total. The molecule has 0 radical (unpaired) electrons. The predicted molar refractivity (Wildman–Crippen MR) is 82.1 cm³/mol. The lowest BCUT2D eigenvalue weighted by atomic mass is 10.2. The number of carbonyl (C=O) groups is 1. The highest BCUT2D eigenvalue weighted by molar-refractivity contribution is 9.10. The van der Waals surface area contributed by atoms with Crippen LogP contribution >= 0.6 is 15.9 Å². The largest absolute Gasteiger partial charge is 0.321 e. The molecule has 0 fully saturated rings. The van der Waals surface area contributed by atoms with Crippen molar-refractivity contribution >= 4 is 27.5 Å². The molecule has 1 aliphatic rings. The molecule has 3 rings (SSSR count). The van der Waals surface area contributed by atoms with Crippen LogP contribution in [0.15, 0.2) is 22.7 Å². The van der Waals surface area contributed by atoms with E-state index < -0.39 is 0 Å². The summed E-state index contributed by atoms with van der Waals surface area (Å²) < 4.78 is 2.82. The zero-order valence-corrected chi connectivity index (χ0v) is 13.1. The Balaban J connectivity index is 1.86. The molecule has 1 heterocycles. The van der Waals surface area contributed by atoms with E-state index in [0.717, 1.165) is 40.5 Å². The monoisotopic (exact) mass is 333 g/mol. The Morgan fingerprint density at radius 2 is 2.20 bits per heavy atom. The second kappa shape index (κ2) is 5.05. The Kier molecular flexibility index (Phi) is 3.38. The first kappa shape index (κ1) is 13.4. The lowest BCUT2D eigenvalue weighted by Gasteiger charge is -2.06. The van der Waals surface area contributed by atoms with Crippen LogP contribution in [0.4, 0.5) is 5.69 Å². The molecule has 4 nitrogen and oxygen atoms in total. The van der Waals surface area contributed by atoms with Crippen molar-refractivity contribution in [3.63, 3.8) is 0 Å². The Labute approximate surface area is 126 Å². The van der Waals surface area contributed by atoms with E-state index in [0.29, 0.717) is 5.69 Å². The number of halogens is 1. The van der Waals surface area contributed by atoms with Crippen LogP contribution < -0.4 is 5.32 Å². The molecule has 1 aromatic carbocycles. The second-order valence-corrected chi connectivity index (χ2v) is 6.02. The number of aromatic nitrogens is 2. The number of aryl methyl sites for hydroxylation is 2. The number of anilines is 1. The Morgan fingerprint density at radius 1 is 1.40 bits per heavy atom. The van der Waals surface area contributed by atoms with Gasteiger partial charge >= 0.3 is 0 Å². The molecular weight excluding hydrogens is 318 g/mol. The molecule has 1 aliphatic carbocycles. The molecule has 1 amide bonds. The van der Waals surface area contributed by atoms with Crippen molar-refractivity contribution in [3.8, 4) is 0 Å². The topological polar surface area (TPSA) is 46.9 Å². The van der Waals surface area contributed by atoms with E-state index >= 15 is 0 Å². The van der Waals surface area contributed by atoms with Crippen LogP contribution in [0.5, 0.6) is 0 Å². The molecule has 2 aromatic rings. The van der Waals surface area contributed by atoms with Gasteiger partial charge in [-0.15, -0.1) is 0 Å². The fourth-order valence-electron chi connectivity index (χ4n) is 2.65. The van der Waals surface area contributed by atoms with E-state index in [2.05, 4.69) is 26.3 Å². The fraction of sp³-hybridized carbons (Fsp3) is 0.333. The summed E-state index contributed by atoms with van der Waals surface area (Å²) in [5.41, 5.74) is 4.79. The summed E-state index contributed by atoms with van der Waals surface area (Å²) in [6, 6.07) is 5.79. The average molecular weight is 334 g/mol. The summed E-state index contributed by atoms with van der Waals surface area (Å²) in [5, 5.41) is 7.29. The van der Waals surface area contributed by atoms with Crippen molar-refractivity contribution in [2.75, 3.05) is 5.32 Å². The van der Waals surface area contributed by atoms with Crippen molar-refractivity contribution < 1.29 is 4.79 Å². The molecule has 0 atom stereocenters. The minimum Gasteiger partial charge on any atom is -0.321 e. The van der Waals surface area contributed by atoms with Crippen LogP contribution in [-0.4, -0.2) is 15.7 Å². The normalized spacial score (nSPS) is 13.3. The van der Waals surface area contributed by atoms with Gasteiger partial charge in [0.15, 0.2) is 5.69 Å². The van der Waals surface area contributed by atoms with E-state index in [1.807, 2.05) is 36.9 Å². The van der Waals surface area contributed by atoms with Crippen molar-refractivity contribution in [1.29, 1.82) is 0 Å². The summed E-state index contributed by atoms with van der Waals surface area (Å²) >= 11 is 3.48. The van der Waals surface area contributed by atoms with Crippen LogP contribution in [-0.2, 0) is 19.9 Å². The number of hydrogen-bond acceptors (Lipinski definition) is 2. The van der Waals surface area contributed by atoms with Gasteiger partial charge in [0.1, 0.15) is 0 Å². The number of nitrogens with zero attached hydrogens (tertiary/aromatic N) is 2. The van der Waals surface area contributed by atoms with E-state index in [1.54, 1.807) is 0 Å². The number of rotatable bonds is 2. The van der Waals surface area contributed by atoms with Gasteiger partial charge in [0.25, 0.3) is 5.91 Å². The second-order valence-electron chi connectivity index (χ2n) is 5.17. The van der Waals surface area contributed by atoms with Gasteiger partial charge in [-0.3, -0.25) is 9.48 Å². The average Bonchev–Trinajstić information content (AvgIpc) is 2.98. The van der Waals surface area contributed by atoms with E-state index in [9.17, 15) is 4.79 Å². The van der Waals surface area contributed by atoms with Crippen LogP contribution in [0.1, 0.15) is 33.7 Å². The van der Waals surface area contributed by atoms with Gasteiger partial charge in [-0.1, -0.05) is 22.0 Å². The Hall–Kier alpha value is -1.62. The molecule has 1 aromatic heterocycles. The maximum atomic E-state index is 12.4. The van der Waals surface area contributed by atoms with E-state index in [1.165, 1.54) is 5.69 Å². The molecule has 0 saturated carbocycles.